The molecule has 21 heavy (non-hydrogen) atoms. The van der Waals surface area contributed by atoms with Gasteiger partial charge in [0.05, 0.1) is 6.10 Å². The average molecular weight is 291 g/mol. The van der Waals surface area contributed by atoms with Crippen LogP contribution in [0.3, 0.4) is 0 Å². The Balaban J connectivity index is 1.96. The maximum atomic E-state index is 12.4. The predicted molar refractivity (Wildman–Crippen MR) is 82.2 cm³/mol. The van der Waals surface area contributed by atoms with E-state index in [1.54, 1.807) is 13.0 Å². The summed E-state index contributed by atoms with van der Waals surface area (Å²) in [7, 11) is 0. The summed E-state index contributed by atoms with van der Waals surface area (Å²) in [4.78, 5) is 14.3. The van der Waals surface area contributed by atoms with E-state index < -0.39 is 6.10 Å². The lowest BCUT2D eigenvalue weighted by molar-refractivity contribution is -0.139. The van der Waals surface area contributed by atoms with E-state index in [2.05, 4.69) is 13.8 Å². The van der Waals surface area contributed by atoms with E-state index in [9.17, 15) is 9.90 Å². The molecular weight excluding hydrogens is 266 g/mol. The number of ether oxygens (including phenoxy) is 1. The van der Waals surface area contributed by atoms with Crippen LogP contribution in [0, 0.1) is 0 Å². The van der Waals surface area contributed by atoms with E-state index in [0.717, 1.165) is 18.4 Å². The van der Waals surface area contributed by atoms with Gasteiger partial charge in [-0.15, -0.1) is 0 Å². The minimum absolute atomic E-state index is 0.0390. The first kappa shape index (κ1) is 15.8. The molecule has 0 aliphatic carbocycles. The van der Waals surface area contributed by atoms with Crippen molar-refractivity contribution in [1.82, 2.24) is 4.90 Å². The smallest absolute Gasteiger partial charge is 0.260 e. The number of hydrogen-bond acceptors (Lipinski definition) is 3. The number of piperidine rings is 1. The van der Waals surface area contributed by atoms with E-state index in [1.807, 2.05) is 23.1 Å². The molecule has 1 saturated heterocycles. The number of benzene rings is 1. The lowest BCUT2D eigenvalue weighted by Gasteiger charge is -2.39. The fraction of sp³-hybridized carbons (Fsp3) is 0.588. The number of aliphatic hydroxyl groups excluding tert-OH is 1. The number of amides is 1. The Hall–Kier alpha value is -1.55. The molecule has 0 spiro atoms. The molecule has 1 heterocycles. The van der Waals surface area contributed by atoms with E-state index in [4.69, 9.17) is 4.74 Å². The molecule has 1 aliphatic heterocycles. The fourth-order valence-corrected chi connectivity index (χ4v) is 3.00. The molecule has 3 unspecified atom stereocenters. The Morgan fingerprint density at radius 2 is 2.05 bits per heavy atom. The SMILES string of the molecule is CC(O)c1cccc(OCC(=O)N2C(C)CCCC2C)c1. The summed E-state index contributed by atoms with van der Waals surface area (Å²) in [5.74, 6) is 0.663. The molecular formula is C17H25NO3. The number of likely N-dealkylation sites (tertiary alicyclic amines) is 1. The first-order chi connectivity index (χ1) is 9.99. The van der Waals surface area contributed by atoms with Crippen LogP contribution in [0.2, 0.25) is 0 Å². The van der Waals surface area contributed by atoms with Gasteiger partial charge in [-0.3, -0.25) is 4.79 Å². The molecule has 1 aliphatic rings. The molecule has 1 fully saturated rings. The van der Waals surface area contributed by atoms with Crippen LogP contribution in [0.25, 0.3) is 0 Å². The second-order valence-corrected chi connectivity index (χ2v) is 5.97. The lowest BCUT2D eigenvalue weighted by atomic mass is 9.97. The molecule has 1 aromatic carbocycles. The molecule has 0 aromatic heterocycles. The maximum absolute atomic E-state index is 12.4. The maximum Gasteiger partial charge on any atom is 0.260 e. The molecule has 1 N–H and O–H groups in total. The minimum atomic E-state index is -0.536. The first-order valence-electron chi connectivity index (χ1n) is 7.71. The number of carbonyl (C=O) groups is 1. The predicted octanol–water partition coefficient (Wildman–Crippen LogP) is 2.91. The van der Waals surface area contributed by atoms with Crippen molar-refractivity contribution in [2.45, 2.75) is 58.2 Å². The summed E-state index contributed by atoms with van der Waals surface area (Å²) in [6, 6.07) is 7.83. The summed E-state index contributed by atoms with van der Waals surface area (Å²) in [5.41, 5.74) is 0.791. The number of rotatable bonds is 4. The van der Waals surface area contributed by atoms with Crippen LogP contribution < -0.4 is 4.74 Å². The molecule has 4 heteroatoms. The van der Waals surface area contributed by atoms with Crippen molar-refractivity contribution in [2.24, 2.45) is 0 Å². The van der Waals surface area contributed by atoms with Crippen LogP contribution in [-0.4, -0.2) is 34.6 Å². The molecule has 2 rings (SSSR count). The molecule has 116 valence electrons. The molecule has 0 bridgehead atoms. The van der Waals surface area contributed by atoms with Crippen molar-refractivity contribution < 1.29 is 14.6 Å². The van der Waals surface area contributed by atoms with Gasteiger partial charge in [0.15, 0.2) is 6.61 Å². The Kier molecular flexibility index (Phi) is 5.23. The Morgan fingerprint density at radius 3 is 2.67 bits per heavy atom. The molecule has 1 amide bonds. The Bertz CT molecular complexity index is 477. The van der Waals surface area contributed by atoms with Crippen molar-refractivity contribution >= 4 is 5.91 Å². The van der Waals surface area contributed by atoms with Crippen LogP contribution >= 0.6 is 0 Å². The fourth-order valence-electron chi connectivity index (χ4n) is 3.00. The standard InChI is InChI=1S/C17H25NO3/c1-12-6-4-7-13(2)18(12)17(20)11-21-16-9-5-8-15(10-16)14(3)19/h5,8-10,12-14,19H,4,6-7,11H2,1-3H3. The summed E-state index contributed by atoms with van der Waals surface area (Å²) < 4.78 is 5.61. The normalized spacial score (nSPS) is 23.7. The van der Waals surface area contributed by atoms with E-state index in [0.29, 0.717) is 5.75 Å². The number of hydrogen-bond donors (Lipinski definition) is 1. The summed E-state index contributed by atoms with van der Waals surface area (Å²) in [6.45, 7) is 5.96. The molecule has 4 nitrogen and oxygen atoms in total. The zero-order valence-corrected chi connectivity index (χ0v) is 13.1. The lowest BCUT2D eigenvalue weighted by Crippen LogP contribution is -2.49. The van der Waals surface area contributed by atoms with Crippen molar-refractivity contribution in [2.75, 3.05) is 6.61 Å². The Labute approximate surface area is 126 Å². The monoisotopic (exact) mass is 291 g/mol. The Morgan fingerprint density at radius 1 is 1.38 bits per heavy atom. The van der Waals surface area contributed by atoms with Gasteiger partial charge in [-0.25, -0.2) is 0 Å². The third-order valence-corrected chi connectivity index (χ3v) is 4.18. The zero-order chi connectivity index (χ0) is 15.4. The second kappa shape index (κ2) is 6.94. The third-order valence-electron chi connectivity index (χ3n) is 4.18. The number of carbonyl (C=O) groups excluding carboxylic acids is 1. The quantitative estimate of drug-likeness (QED) is 0.928. The van der Waals surface area contributed by atoms with Gasteiger partial charge >= 0.3 is 0 Å². The van der Waals surface area contributed by atoms with Gasteiger partial charge in [-0.2, -0.15) is 0 Å². The van der Waals surface area contributed by atoms with Crippen molar-refractivity contribution in [3.8, 4) is 5.75 Å². The van der Waals surface area contributed by atoms with E-state index in [1.165, 1.54) is 6.42 Å². The molecule has 1 aromatic rings. The molecule has 0 radical (unpaired) electrons. The zero-order valence-electron chi connectivity index (χ0n) is 13.1. The van der Waals surface area contributed by atoms with Crippen molar-refractivity contribution in [3.63, 3.8) is 0 Å². The van der Waals surface area contributed by atoms with E-state index >= 15 is 0 Å². The minimum Gasteiger partial charge on any atom is -0.484 e. The van der Waals surface area contributed by atoms with Crippen LogP contribution in [0.5, 0.6) is 5.75 Å². The van der Waals surface area contributed by atoms with Gasteiger partial charge in [0.2, 0.25) is 0 Å². The van der Waals surface area contributed by atoms with Crippen LogP contribution in [0.1, 0.15) is 51.7 Å². The van der Waals surface area contributed by atoms with Crippen LogP contribution in [-0.2, 0) is 4.79 Å². The van der Waals surface area contributed by atoms with Gasteiger partial charge in [0, 0.05) is 12.1 Å². The van der Waals surface area contributed by atoms with Crippen molar-refractivity contribution in [3.05, 3.63) is 29.8 Å². The van der Waals surface area contributed by atoms with Gasteiger partial charge in [-0.1, -0.05) is 12.1 Å². The van der Waals surface area contributed by atoms with Gasteiger partial charge in [-0.05, 0) is 57.7 Å². The highest BCUT2D eigenvalue weighted by atomic mass is 16.5. The largest absolute Gasteiger partial charge is 0.484 e. The van der Waals surface area contributed by atoms with Gasteiger partial charge < -0.3 is 14.7 Å². The summed E-state index contributed by atoms with van der Waals surface area (Å²) >= 11 is 0. The highest BCUT2D eigenvalue weighted by Gasteiger charge is 2.28. The van der Waals surface area contributed by atoms with Crippen molar-refractivity contribution in [1.29, 1.82) is 0 Å². The average Bonchev–Trinajstić information content (AvgIpc) is 2.45. The highest BCUT2D eigenvalue weighted by Crippen LogP contribution is 2.23. The summed E-state index contributed by atoms with van der Waals surface area (Å²) in [6.07, 6.45) is 2.77. The van der Waals surface area contributed by atoms with Gasteiger partial charge in [0.25, 0.3) is 5.91 Å². The molecule has 0 saturated carbocycles. The highest BCUT2D eigenvalue weighted by molar-refractivity contribution is 5.78. The summed E-state index contributed by atoms with van der Waals surface area (Å²) in [5, 5.41) is 9.57. The van der Waals surface area contributed by atoms with Crippen LogP contribution in [0.15, 0.2) is 24.3 Å². The first-order valence-corrected chi connectivity index (χ1v) is 7.71. The number of aliphatic hydroxyl groups is 1. The topological polar surface area (TPSA) is 49.8 Å². The van der Waals surface area contributed by atoms with Crippen LogP contribution in [0.4, 0.5) is 0 Å². The third kappa shape index (κ3) is 3.97. The van der Waals surface area contributed by atoms with E-state index in [-0.39, 0.29) is 24.6 Å². The second-order valence-electron chi connectivity index (χ2n) is 5.97. The number of nitrogens with zero attached hydrogens (tertiary/aromatic N) is 1. The molecule has 3 atom stereocenters. The van der Waals surface area contributed by atoms with Gasteiger partial charge in [0.1, 0.15) is 5.75 Å².